The number of nitro groups is 1. The zero-order chi connectivity index (χ0) is 15.0. The molecule has 0 heterocycles. The van der Waals surface area contributed by atoms with E-state index in [1.807, 2.05) is 6.92 Å². The summed E-state index contributed by atoms with van der Waals surface area (Å²) in [6.45, 7) is 4.73. The molecule has 0 spiro atoms. The van der Waals surface area contributed by atoms with Gasteiger partial charge in [0, 0.05) is 18.7 Å². The maximum atomic E-state index is 10.6. The number of nitro benzene ring substituents is 1. The number of nitrogens with zero attached hydrogens (tertiary/aromatic N) is 2. The van der Waals surface area contributed by atoms with Crippen molar-refractivity contribution in [3.63, 3.8) is 0 Å². The van der Waals surface area contributed by atoms with Crippen LogP contribution in [-0.2, 0) is 0 Å². The lowest BCUT2D eigenvalue weighted by molar-refractivity contribution is -0.384. The summed E-state index contributed by atoms with van der Waals surface area (Å²) in [5.41, 5.74) is 4.33. The Morgan fingerprint density at radius 3 is 2.60 bits per heavy atom. The largest absolute Gasteiger partial charge is 0.361 e. The average molecular weight is 294 g/mol. The molecule has 0 bridgehead atoms. The van der Waals surface area contributed by atoms with Crippen LogP contribution in [0.1, 0.15) is 32.3 Å². The summed E-state index contributed by atoms with van der Waals surface area (Å²) < 4.78 is 0. The molecule has 1 aromatic rings. The van der Waals surface area contributed by atoms with Gasteiger partial charge in [-0.15, -0.1) is 0 Å². The molecule has 0 aromatic heterocycles. The second kappa shape index (κ2) is 8.21. The van der Waals surface area contributed by atoms with Crippen LogP contribution in [0.25, 0.3) is 0 Å². The van der Waals surface area contributed by atoms with Crippen LogP contribution < -0.4 is 10.7 Å². The molecular formula is C13H18N4O2S. The van der Waals surface area contributed by atoms with Gasteiger partial charge < -0.3 is 5.32 Å². The van der Waals surface area contributed by atoms with Gasteiger partial charge in [-0.1, -0.05) is 13.3 Å². The lowest BCUT2D eigenvalue weighted by atomic mass is 10.1. The number of hydrazone groups is 1. The van der Waals surface area contributed by atoms with Gasteiger partial charge in [-0.05, 0) is 43.3 Å². The quantitative estimate of drug-likeness (QED) is 0.277. The summed E-state index contributed by atoms with van der Waals surface area (Å²) in [7, 11) is 0. The molecule has 0 radical (unpaired) electrons. The van der Waals surface area contributed by atoms with Crippen LogP contribution in [0.2, 0.25) is 0 Å². The van der Waals surface area contributed by atoms with Crippen LogP contribution in [0.15, 0.2) is 29.4 Å². The van der Waals surface area contributed by atoms with E-state index in [1.54, 1.807) is 12.1 Å². The summed E-state index contributed by atoms with van der Waals surface area (Å²) in [4.78, 5) is 10.1. The van der Waals surface area contributed by atoms with Crippen molar-refractivity contribution in [3.05, 3.63) is 39.9 Å². The Bertz CT molecular complexity index is 500. The van der Waals surface area contributed by atoms with Gasteiger partial charge in [-0.25, -0.2) is 0 Å². The number of rotatable bonds is 6. The Hall–Kier alpha value is -2.02. The molecule has 0 saturated carbocycles. The summed E-state index contributed by atoms with van der Waals surface area (Å²) >= 11 is 5.07. The van der Waals surface area contributed by atoms with E-state index in [-0.39, 0.29) is 5.69 Å². The van der Waals surface area contributed by atoms with E-state index in [9.17, 15) is 10.1 Å². The highest BCUT2D eigenvalue weighted by atomic mass is 32.1. The fraction of sp³-hybridized carbons (Fsp3) is 0.385. The molecule has 6 nitrogen and oxygen atoms in total. The fourth-order valence-corrected chi connectivity index (χ4v) is 1.59. The second-order valence-electron chi connectivity index (χ2n) is 4.22. The van der Waals surface area contributed by atoms with Gasteiger partial charge in [-0.3, -0.25) is 15.5 Å². The molecule has 20 heavy (non-hydrogen) atoms. The van der Waals surface area contributed by atoms with Crippen molar-refractivity contribution >= 4 is 28.7 Å². The molecule has 0 atom stereocenters. The van der Waals surface area contributed by atoms with E-state index in [2.05, 4.69) is 22.8 Å². The van der Waals surface area contributed by atoms with Crippen LogP contribution in [0.4, 0.5) is 5.69 Å². The summed E-state index contributed by atoms with van der Waals surface area (Å²) in [5.74, 6) is 0. The van der Waals surface area contributed by atoms with Crippen molar-refractivity contribution in [2.24, 2.45) is 5.10 Å². The number of benzene rings is 1. The Labute approximate surface area is 123 Å². The average Bonchev–Trinajstić information content (AvgIpc) is 2.45. The topological polar surface area (TPSA) is 79.6 Å². The molecule has 0 aliphatic carbocycles. The van der Waals surface area contributed by atoms with Gasteiger partial charge in [0.15, 0.2) is 5.11 Å². The zero-order valence-corrected chi connectivity index (χ0v) is 12.4. The summed E-state index contributed by atoms with van der Waals surface area (Å²) in [6, 6.07) is 6.22. The number of unbranched alkanes of at least 4 members (excludes halogenated alkanes) is 1. The van der Waals surface area contributed by atoms with Gasteiger partial charge >= 0.3 is 0 Å². The van der Waals surface area contributed by atoms with Crippen molar-refractivity contribution in [1.29, 1.82) is 0 Å². The highest BCUT2D eigenvalue weighted by Crippen LogP contribution is 2.12. The molecule has 108 valence electrons. The van der Waals surface area contributed by atoms with Gasteiger partial charge in [0.1, 0.15) is 0 Å². The van der Waals surface area contributed by atoms with Crippen LogP contribution in [-0.4, -0.2) is 22.3 Å². The van der Waals surface area contributed by atoms with E-state index in [4.69, 9.17) is 12.2 Å². The van der Waals surface area contributed by atoms with Crippen LogP contribution >= 0.6 is 12.2 Å². The normalized spacial score (nSPS) is 11.0. The predicted molar refractivity (Wildman–Crippen MR) is 84.0 cm³/mol. The minimum atomic E-state index is -0.429. The second-order valence-corrected chi connectivity index (χ2v) is 4.63. The Balaban J connectivity index is 2.55. The van der Waals surface area contributed by atoms with Gasteiger partial charge in [0.2, 0.25) is 0 Å². The molecule has 0 amide bonds. The first-order valence-electron chi connectivity index (χ1n) is 6.37. The molecule has 0 saturated heterocycles. The minimum Gasteiger partial charge on any atom is -0.361 e. The third kappa shape index (κ3) is 5.31. The van der Waals surface area contributed by atoms with E-state index >= 15 is 0 Å². The SMILES string of the molecule is CCCCNC(=S)N/N=C(/C)c1ccc([N+](=O)[O-])cc1. The number of hydrogen-bond donors (Lipinski definition) is 2. The smallest absolute Gasteiger partial charge is 0.269 e. The maximum Gasteiger partial charge on any atom is 0.269 e. The fourth-order valence-electron chi connectivity index (χ4n) is 1.44. The van der Waals surface area contributed by atoms with Crippen molar-refractivity contribution in [3.8, 4) is 0 Å². The standard InChI is InChI=1S/C13H18N4O2S/c1-3-4-9-14-13(20)16-15-10(2)11-5-7-12(8-6-11)17(18)19/h5-8H,3-4,9H2,1-2H3,(H2,14,16,20)/b15-10-. The first-order valence-corrected chi connectivity index (χ1v) is 6.78. The molecule has 0 unspecified atom stereocenters. The first-order chi connectivity index (χ1) is 9.54. The number of nitrogens with one attached hydrogen (secondary N) is 2. The van der Waals surface area contributed by atoms with E-state index in [0.29, 0.717) is 10.8 Å². The first kappa shape index (κ1) is 16.0. The van der Waals surface area contributed by atoms with E-state index in [1.165, 1.54) is 12.1 Å². The summed E-state index contributed by atoms with van der Waals surface area (Å²) in [5, 5.41) is 18.2. The molecular weight excluding hydrogens is 276 g/mol. The van der Waals surface area contributed by atoms with Crippen molar-refractivity contribution in [2.45, 2.75) is 26.7 Å². The predicted octanol–water partition coefficient (Wildman–Crippen LogP) is 2.58. The van der Waals surface area contributed by atoms with Crippen molar-refractivity contribution in [1.82, 2.24) is 10.7 Å². The Morgan fingerprint density at radius 2 is 2.05 bits per heavy atom. The lowest BCUT2D eigenvalue weighted by Gasteiger charge is -2.07. The van der Waals surface area contributed by atoms with Crippen molar-refractivity contribution < 1.29 is 4.92 Å². The lowest BCUT2D eigenvalue weighted by Crippen LogP contribution is -2.33. The molecule has 0 aliphatic heterocycles. The van der Waals surface area contributed by atoms with Gasteiger partial charge in [0.25, 0.3) is 5.69 Å². The molecule has 2 N–H and O–H groups in total. The molecule has 0 aliphatic rings. The third-order valence-corrected chi connectivity index (χ3v) is 2.87. The maximum absolute atomic E-state index is 10.6. The van der Waals surface area contributed by atoms with Crippen LogP contribution in [0, 0.1) is 10.1 Å². The van der Waals surface area contributed by atoms with Crippen molar-refractivity contribution in [2.75, 3.05) is 6.54 Å². The molecule has 7 heteroatoms. The molecule has 0 fully saturated rings. The highest BCUT2D eigenvalue weighted by Gasteiger charge is 2.05. The monoisotopic (exact) mass is 294 g/mol. The number of hydrogen-bond acceptors (Lipinski definition) is 4. The van der Waals surface area contributed by atoms with E-state index < -0.39 is 4.92 Å². The zero-order valence-electron chi connectivity index (χ0n) is 11.5. The Morgan fingerprint density at radius 1 is 1.40 bits per heavy atom. The highest BCUT2D eigenvalue weighted by molar-refractivity contribution is 7.80. The minimum absolute atomic E-state index is 0.0614. The van der Waals surface area contributed by atoms with Gasteiger partial charge in [-0.2, -0.15) is 5.10 Å². The van der Waals surface area contributed by atoms with Crippen LogP contribution in [0.3, 0.4) is 0 Å². The Kier molecular flexibility index (Phi) is 6.58. The number of non-ortho nitro benzene ring substituents is 1. The summed E-state index contributed by atoms with van der Waals surface area (Å²) in [6.07, 6.45) is 2.15. The van der Waals surface area contributed by atoms with E-state index in [0.717, 1.165) is 24.9 Å². The van der Waals surface area contributed by atoms with Gasteiger partial charge in [0.05, 0.1) is 10.6 Å². The number of thiocarbonyl (C=S) groups is 1. The molecule has 1 aromatic carbocycles. The van der Waals surface area contributed by atoms with Crippen LogP contribution in [0.5, 0.6) is 0 Å². The molecule has 1 rings (SSSR count). The third-order valence-electron chi connectivity index (χ3n) is 2.64.